The van der Waals surface area contributed by atoms with Crippen molar-refractivity contribution in [2.24, 2.45) is 7.05 Å². The van der Waals surface area contributed by atoms with Crippen molar-refractivity contribution >= 4 is 0 Å². The molecule has 0 radical (unpaired) electrons. The van der Waals surface area contributed by atoms with Gasteiger partial charge in [-0.05, 0) is 24.1 Å². The molecule has 1 heterocycles. The Bertz CT molecular complexity index is 448. The quantitative estimate of drug-likeness (QED) is 0.781. The van der Waals surface area contributed by atoms with E-state index in [1.54, 1.807) is 13.4 Å². The summed E-state index contributed by atoms with van der Waals surface area (Å²) in [6.07, 6.45) is 3.60. The Kier molecular flexibility index (Phi) is 3.19. The number of hydrogen-bond acceptors (Lipinski definition) is 3. The van der Waals surface area contributed by atoms with Gasteiger partial charge in [0.1, 0.15) is 17.9 Å². The van der Waals surface area contributed by atoms with Gasteiger partial charge in [0.15, 0.2) is 0 Å². The first-order chi connectivity index (χ1) is 7.79. The third-order valence-corrected chi connectivity index (χ3v) is 2.60. The lowest BCUT2D eigenvalue weighted by molar-refractivity contribution is 0.414. The van der Waals surface area contributed by atoms with Gasteiger partial charge in [-0.3, -0.25) is 0 Å². The summed E-state index contributed by atoms with van der Waals surface area (Å²) in [5, 5.41) is 7.91. The number of ether oxygens (including phenoxy) is 1. The highest BCUT2D eigenvalue weighted by Crippen LogP contribution is 2.12. The third kappa shape index (κ3) is 2.39. The van der Waals surface area contributed by atoms with Gasteiger partial charge in [0.25, 0.3) is 0 Å². The van der Waals surface area contributed by atoms with Crippen LogP contribution in [0.3, 0.4) is 0 Å². The zero-order chi connectivity index (χ0) is 11.4. The molecule has 4 heteroatoms. The van der Waals surface area contributed by atoms with Crippen LogP contribution in [0.2, 0.25) is 0 Å². The molecule has 16 heavy (non-hydrogen) atoms. The predicted octanol–water partition coefficient (Wildman–Crippen LogP) is 1.61. The van der Waals surface area contributed by atoms with Crippen LogP contribution in [0.5, 0.6) is 5.75 Å². The molecule has 2 rings (SSSR count). The van der Waals surface area contributed by atoms with Crippen LogP contribution < -0.4 is 4.74 Å². The molecule has 0 atom stereocenters. The fourth-order valence-electron chi connectivity index (χ4n) is 1.58. The van der Waals surface area contributed by atoms with Gasteiger partial charge in [-0.15, -0.1) is 10.2 Å². The molecule has 2 aromatic rings. The van der Waals surface area contributed by atoms with E-state index in [2.05, 4.69) is 22.3 Å². The van der Waals surface area contributed by atoms with Crippen LogP contribution in [-0.2, 0) is 19.9 Å². The van der Waals surface area contributed by atoms with Crippen LogP contribution in [0.25, 0.3) is 0 Å². The molecule has 0 N–H and O–H groups in total. The van der Waals surface area contributed by atoms with Crippen molar-refractivity contribution in [1.29, 1.82) is 0 Å². The number of hydrogen-bond donors (Lipinski definition) is 0. The summed E-state index contributed by atoms with van der Waals surface area (Å²) in [6.45, 7) is 0. The molecule has 0 amide bonds. The summed E-state index contributed by atoms with van der Waals surface area (Å²) in [5.74, 6) is 1.90. The first-order valence-electron chi connectivity index (χ1n) is 5.25. The predicted molar refractivity (Wildman–Crippen MR) is 61.4 cm³/mol. The van der Waals surface area contributed by atoms with E-state index in [1.807, 2.05) is 23.7 Å². The molecule has 0 bridgehead atoms. The molecule has 84 valence electrons. The Labute approximate surface area is 94.9 Å². The Morgan fingerprint density at radius 1 is 1.19 bits per heavy atom. The Balaban J connectivity index is 1.97. The number of methoxy groups -OCH3 is 1. The van der Waals surface area contributed by atoms with E-state index in [1.165, 1.54) is 5.56 Å². The molecule has 4 nitrogen and oxygen atoms in total. The largest absolute Gasteiger partial charge is 0.497 e. The van der Waals surface area contributed by atoms with Crippen LogP contribution in [0, 0.1) is 0 Å². The van der Waals surface area contributed by atoms with Crippen LogP contribution in [-0.4, -0.2) is 21.9 Å². The van der Waals surface area contributed by atoms with Gasteiger partial charge >= 0.3 is 0 Å². The maximum atomic E-state index is 5.11. The summed E-state index contributed by atoms with van der Waals surface area (Å²) in [6, 6.07) is 8.11. The molecule has 0 aliphatic rings. The molecule has 0 aliphatic heterocycles. The monoisotopic (exact) mass is 217 g/mol. The Morgan fingerprint density at radius 2 is 1.94 bits per heavy atom. The van der Waals surface area contributed by atoms with E-state index >= 15 is 0 Å². The molecular weight excluding hydrogens is 202 g/mol. The van der Waals surface area contributed by atoms with Crippen molar-refractivity contribution in [1.82, 2.24) is 14.8 Å². The van der Waals surface area contributed by atoms with Gasteiger partial charge in [-0.25, -0.2) is 0 Å². The van der Waals surface area contributed by atoms with Crippen molar-refractivity contribution in [3.63, 3.8) is 0 Å². The molecule has 1 aromatic carbocycles. The van der Waals surface area contributed by atoms with E-state index in [9.17, 15) is 0 Å². The van der Waals surface area contributed by atoms with Crippen LogP contribution >= 0.6 is 0 Å². The SMILES string of the molecule is COc1ccc(CCc2nncn2C)cc1. The van der Waals surface area contributed by atoms with Crippen LogP contribution in [0.15, 0.2) is 30.6 Å². The normalized spacial score (nSPS) is 10.4. The van der Waals surface area contributed by atoms with Crippen molar-refractivity contribution in [3.05, 3.63) is 42.0 Å². The second kappa shape index (κ2) is 4.79. The number of aromatic nitrogens is 3. The fraction of sp³-hybridized carbons (Fsp3) is 0.333. The third-order valence-electron chi connectivity index (χ3n) is 2.60. The zero-order valence-corrected chi connectivity index (χ0v) is 9.55. The highest BCUT2D eigenvalue weighted by Gasteiger charge is 2.01. The van der Waals surface area contributed by atoms with Gasteiger partial charge < -0.3 is 9.30 Å². The van der Waals surface area contributed by atoms with E-state index in [0.29, 0.717) is 0 Å². The summed E-state index contributed by atoms with van der Waals surface area (Å²) in [5.41, 5.74) is 1.28. The van der Waals surface area contributed by atoms with Gasteiger partial charge in [0.05, 0.1) is 7.11 Å². The summed E-state index contributed by atoms with van der Waals surface area (Å²) in [4.78, 5) is 0. The highest BCUT2D eigenvalue weighted by atomic mass is 16.5. The second-order valence-corrected chi connectivity index (χ2v) is 3.71. The minimum absolute atomic E-state index is 0.891. The smallest absolute Gasteiger partial charge is 0.132 e. The molecule has 0 saturated heterocycles. The first kappa shape index (κ1) is 10.7. The standard InChI is InChI=1S/C12H15N3O/c1-15-9-13-14-12(15)8-5-10-3-6-11(16-2)7-4-10/h3-4,6-7,9H,5,8H2,1-2H3. The molecular formula is C12H15N3O. The maximum absolute atomic E-state index is 5.11. The number of rotatable bonds is 4. The lowest BCUT2D eigenvalue weighted by Crippen LogP contribution is -1.99. The topological polar surface area (TPSA) is 39.9 Å². The average Bonchev–Trinajstić information content (AvgIpc) is 2.73. The van der Waals surface area contributed by atoms with Gasteiger partial charge in [-0.1, -0.05) is 12.1 Å². The van der Waals surface area contributed by atoms with Crippen molar-refractivity contribution < 1.29 is 4.74 Å². The summed E-state index contributed by atoms with van der Waals surface area (Å²) < 4.78 is 7.06. The highest BCUT2D eigenvalue weighted by molar-refractivity contribution is 5.27. The summed E-state index contributed by atoms with van der Waals surface area (Å²) >= 11 is 0. The molecule has 0 fully saturated rings. The molecule has 0 spiro atoms. The number of aryl methyl sites for hydroxylation is 3. The minimum Gasteiger partial charge on any atom is -0.497 e. The van der Waals surface area contributed by atoms with Crippen molar-refractivity contribution in [2.75, 3.05) is 7.11 Å². The Morgan fingerprint density at radius 3 is 2.50 bits per heavy atom. The van der Waals surface area contributed by atoms with Crippen molar-refractivity contribution in [3.8, 4) is 5.75 Å². The van der Waals surface area contributed by atoms with E-state index in [-0.39, 0.29) is 0 Å². The van der Waals surface area contributed by atoms with Crippen LogP contribution in [0.4, 0.5) is 0 Å². The van der Waals surface area contributed by atoms with Gasteiger partial charge in [0, 0.05) is 13.5 Å². The lowest BCUT2D eigenvalue weighted by Gasteiger charge is -2.03. The average molecular weight is 217 g/mol. The van der Waals surface area contributed by atoms with Gasteiger partial charge in [-0.2, -0.15) is 0 Å². The molecule has 0 saturated carbocycles. The van der Waals surface area contributed by atoms with Gasteiger partial charge in [0.2, 0.25) is 0 Å². The Hall–Kier alpha value is -1.84. The van der Waals surface area contributed by atoms with E-state index < -0.39 is 0 Å². The zero-order valence-electron chi connectivity index (χ0n) is 9.55. The number of nitrogens with zero attached hydrogens (tertiary/aromatic N) is 3. The maximum Gasteiger partial charge on any atom is 0.132 e. The molecule has 0 aliphatic carbocycles. The lowest BCUT2D eigenvalue weighted by atomic mass is 10.1. The molecule has 1 aromatic heterocycles. The second-order valence-electron chi connectivity index (χ2n) is 3.71. The summed E-state index contributed by atoms with van der Waals surface area (Å²) in [7, 11) is 3.64. The van der Waals surface area contributed by atoms with E-state index in [4.69, 9.17) is 4.74 Å². The first-order valence-corrected chi connectivity index (χ1v) is 5.25. The minimum atomic E-state index is 0.891. The fourth-order valence-corrected chi connectivity index (χ4v) is 1.58. The van der Waals surface area contributed by atoms with Crippen molar-refractivity contribution in [2.45, 2.75) is 12.8 Å². The number of benzene rings is 1. The molecule has 0 unspecified atom stereocenters. The van der Waals surface area contributed by atoms with E-state index in [0.717, 1.165) is 24.4 Å². The van der Waals surface area contributed by atoms with Crippen LogP contribution in [0.1, 0.15) is 11.4 Å².